The van der Waals surface area contributed by atoms with E-state index in [0.29, 0.717) is 12.5 Å². The fourth-order valence-corrected chi connectivity index (χ4v) is 3.32. The van der Waals surface area contributed by atoms with Crippen molar-refractivity contribution < 1.29 is 4.79 Å². The fraction of sp³-hybridized carbons (Fsp3) is 0.611. The summed E-state index contributed by atoms with van der Waals surface area (Å²) in [5.41, 5.74) is 6.78. The van der Waals surface area contributed by atoms with Crippen LogP contribution in [-0.4, -0.2) is 12.5 Å². The molecule has 21 heavy (non-hydrogen) atoms. The quantitative estimate of drug-likeness (QED) is 0.843. The van der Waals surface area contributed by atoms with Gasteiger partial charge < -0.3 is 11.1 Å². The Balaban J connectivity index is 2.13. The van der Waals surface area contributed by atoms with E-state index < -0.39 is 0 Å². The molecule has 1 fully saturated rings. The molecule has 1 aromatic carbocycles. The van der Waals surface area contributed by atoms with E-state index in [-0.39, 0.29) is 17.4 Å². The minimum atomic E-state index is -0.329. The Kier molecular flexibility index (Phi) is 5.40. The number of rotatable bonds is 6. The molecule has 0 bridgehead atoms. The monoisotopic (exact) mass is 288 g/mol. The van der Waals surface area contributed by atoms with Gasteiger partial charge in [0.05, 0.1) is 11.5 Å². The lowest BCUT2D eigenvalue weighted by Crippen LogP contribution is -2.45. The second-order valence-electron chi connectivity index (χ2n) is 6.76. The standard InChI is InChI=1S/C18H28N2O/c1-14(2)12-16(15-8-4-3-5-9-15)20-17(21)18(13-19)10-6-7-11-18/h3-5,8-9,14,16H,6-7,10-13,19H2,1-2H3,(H,20,21). The van der Waals surface area contributed by atoms with Crippen molar-refractivity contribution >= 4 is 5.91 Å². The van der Waals surface area contributed by atoms with Crippen molar-refractivity contribution in [3.05, 3.63) is 35.9 Å². The highest BCUT2D eigenvalue weighted by Crippen LogP contribution is 2.38. The lowest BCUT2D eigenvalue weighted by atomic mass is 9.84. The van der Waals surface area contributed by atoms with Gasteiger partial charge in [0, 0.05) is 6.54 Å². The third-order valence-electron chi connectivity index (χ3n) is 4.65. The molecule has 3 heteroatoms. The maximum absolute atomic E-state index is 12.8. The van der Waals surface area contributed by atoms with E-state index in [4.69, 9.17) is 5.73 Å². The summed E-state index contributed by atoms with van der Waals surface area (Å²) in [5.74, 6) is 0.685. The Morgan fingerprint density at radius 3 is 2.38 bits per heavy atom. The lowest BCUT2D eigenvalue weighted by Gasteiger charge is -2.30. The van der Waals surface area contributed by atoms with Gasteiger partial charge in [-0.15, -0.1) is 0 Å². The first-order chi connectivity index (χ1) is 10.1. The highest BCUT2D eigenvalue weighted by molar-refractivity contribution is 5.83. The van der Waals surface area contributed by atoms with Gasteiger partial charge in [-0.25, -0.2) is 0 Å². The Bertz CT molecular complexity index is 450. The zero-order valence-corrected chi connectivity index (χ0v) is 13.3. The summed E-state index contributed by atoms with van der Waals surface area (Å²) < 4.78 is 0. The van der Waals surface area contributed by atoms with Gasteiger partial charge in [-0.1, -0.05) is 57.0 Å². The van der Waals surface area contributed by atoms with Crippen LogP contribution in [0.15, 0.2) is 30.3 Å². The van der Waals surface area contributed by atoms with Crippen LogP contribution in [0, 0.1) is 11.3 Å². The van der Waals surface area contributed by atoms with Crippen molar-refractivity contribution in [2.75, 3.05) is 6.54 Å². The number of amides is 1. The molecule has 0 spiro atoms. The Labute approximate surface area is 128 Å². The molecular formula is C18H28N2O. The van der Waals surface area contributed by atoms with Crippen LogP contribution in [0.1, 0.15) is 57.6 Å². The fourth-order valence-electron chi connectivity index (χ4n) is 3.32. The Morgan fingerprint density at radius 1 is 1.24 bits per heavy atom. The second-order valence-corrected chi connectivity index (χ2v) is 6.76. The number of carbonyl (C=O) groups excluding carboxylic acids is 1. The van der Waals surface area contributed by atoms with Crippen LogP contribution in [0.5, 0.6) is 0 Å². The predicted molar refractivity (Wildman–Crippen MR) is 86.7 cm³/mol. The summed E-state index contributed by atoms with van der Waals surface area (Å²) in [5, 5.41) is 3.28. The minimum Gasteiger partial charge on any atom is -0.349 e. The molecule has 1 saturated carbocycles. The first kappa shape index (κ1) is 16.0. The van der Waals surface area contributed by atoms with Gasteiger partial charge in [-0.2, -0.15) is 0 Å². The molecule has 2 rings (SSSR count). The smallest absolute Gasteiger partial charge is 0.227 e. The molecule has 1 aliphatic carbocycles. The number of nitrogens with one attached hydrogen (secondary N) is 1. The number of benzene rings is 1. The van der Waals surface area contributed by atoms with E-state index >= 15 is 0 Å². The van der Waals surface area contributed by atoms with Crippen molar-refractivity contribution in [1.29, 1.82) is 0 Å². The summed E-state index contributed by atoms with van der Waals surface area (Å²) in [4.78, 5) is 12.8. The van der Waals surface area contributed by atoms with E-state index in [9.17, 15) is 4.79 Å². The molecule has 1 aliphatic rings. The van der Waals surface area contributed by atoms with Gasteiger partial charge in [0.2, 0.25) is 5.91 Å². The number of nitrogens with two attached hydrogens (primary N) is 1. The Hall–Kier alpha value is -1.35. The molecule has 1 amide bonds. The number of hydrogen-bond donors (Lipinski definition) is 2. The third kappa shape index (κ3) is 3.85. The summed E-state index contributed by atoms with van der Waals surface area (Å²) in [6.07, 6.45) is 5.04. The maximum Gasteiger partial charge on any atom is 0.227 e. The molecule has 0 aliphatic heterocycles. The summed E-state index contributed by atoms with van der Waals surface area (Å²) in [6.45, 7) is 4.84. The molecule has 1 unspecified atom stereocenters. The van der Waals surface area contributed by atoms with E-state index in [1.807, 2.05) is 18.2 Å². The van der Waals surface area contributed by atoms with Gasteiger partial charge in [-0.05, 0) is 30.7 Å². The van der Waals surface area contributed by atoms with Crippen LogP contribution in [0.2, 0.25) is 0 Å². The summed E-state index contributed by atoms with van der Waals surface area (Å²) in [7, 11) is 0. The molecule has 0 saturated heterocycles. The third-order valence-corrected chi connectivity index (χ3v) is 4.65. The lowest BCUT2D eigenvalue weighted by molar-refractivity contribution is -0.131. The first-order valence-corrected chi connectivity index (χ1v) is 8.13. The zero-order valence-electron chi connectivity index (χ0n) is 13.3. The molecule has 3 nitrogen and oxygen atoms in total. The normalized spacial score (nSPS) is 18.7. The van der Waals surface area contributed by atoms with Crippen molar-refractivity contribution in [2.24, 2.45) is 17.1 Å². The molecule has 1 atom stereocenters. The van der Waals surface area contributed by atoms with Crippen LogP contribution >= 0.6 is 0 Å². The number of carbonyl (C=O) groups is 1. The average Bonchev–Trinajstić information content (AvgIpc) is 2.97. The van der Waals surface area contributed by atoms with Gasteiger partial charge in [0.15, 0.2) is 0 Å². The maximum atomic E-state index is 12.8. The van der Waals surface area contributed by atoms with Gasteiger partial charge >= 0.3 is 0 Å². The molecule has 1 aromatic rings. The Morgan fingerprint density at radius 2 is 1.86 bits per heavy atom. The topological polar surface area (TPSA) is 55.1 Å². The van der Waals surface area contributed by atoms with Gasteiger partial charge in [0.1, 0.15) is 0 Å². The van der Waals surface area contributed by atoms with E-state index in [1.54, 1.807) is 0 Å². The molecule has 116 valence electrons. The van der Waals surface area contributed by atoms with Crippen molar-refractivity contribution in [3.8, 4) is 0 Å². The highest BCUT2D eigenvalue weighted by Gasteiger charge is 2.40. The summed E-state index contributed by atoms with van der Waals surface area (Å²) in [6, 6.07) is 10.3. The average molecular weight is 288 g/mol. The molecule has 3 N–H and O–H groups in total. The zero-order chi connectivity index (χ0) is 15.3. The van der Waals surface area contributed by atoms with Gasteiger partial charge in [-0.3, -0.25) is 4.79 Å². The predicted octanol–water partition coefficient (Wildman–Crippen LogP) is 3.41. The largest absolute Gasteiger partial charge is 0.349 e. The first-order valence-electron chi connectivity index (χ1n) is 8.13. The van der Waals surface area contributed by atoms with Crippen LogP contribution in [0.3, 0.4) is 0 Å². The van der Waals surface area contributed by atoms with Crippen molar-refractivity contribution in [2.45, 2.75) is 52.0 Å². The van der Waals surface area contributed by atoms with Crippen LogP contribution < -0.4 is 11.1 Å². The van der Waals surface area contributed by atoms with E-state index in [0.717, 1.165) is 32.1 Å². The second kappa shape index (κ2) is 7.08. The van der Waals surface area contributed by atoms with Crippen molar-refractivity contribution in [3.63, 3.8) is 0 Å². The minimum absolute atomic E-state index is 0.0859. The van der Waals surface area contributed by atoms with Crippen LogP contribution in [-0.2, 0) is 4.79 Å². The van der Waals surface area contributed by atoms with E-state index in [1.165, 1.54) is 5.56 Å². The molecule has 0 radical (unpaired) electrons. The van der Waals surface area contributed by atoms with Gasteiger partial charge in [0.25, 0.3) is 0 Å². The molecule has 0 heterocycles. The van der Waals surface area contributed by atoms with Crippen LogP contribution in [0.25, 0.3) is 0 Å². The highest BCUT2D eigenvalue weighted by atomic mass is 16.2. The molecular weight excluding hydrogens is 260 g/mol. The SMILES string of the molecule is CC(C)CC(NC(=O)C1(CN)CCCC1)c1ccccc1. The summed E-state index contributed by atoms with van der Waals surface area (Å²) >= 11 is 0. The van der Waals surface area contributed by atoms with E-state index in [2.05, 4.69) is 31.3 Å². The van der Waals surface area contributed by atoms with Crippen molar-refractivity contribution in [1.82, 2.24) is 5.32 Å². The molecule has 0 aromatic heterocycles. The number of hydrogen-bond acceptors (Lipinski definition) is 2. The van der Waals surface area contributed by atoms with Crippen LogP contribution in [0.4, 0.5) is 0 Å².